The van der Waals surface area contributed by atoms with Crippen LogP contribution in [0.1, 0.15) is 25.3 Å². The molecule has 9 nitrogen and oxygen atoms in total. The van der Waals surface area contributed by atoms with E-state index in [2.05, 4.69) is 35.9 Å². The highest BCUT2D eigenvalue weighted by Crippen LogP contribution is 2.65. The highest BCUT2D eigenvalue weighted by molar-refractivity contribution is 5.92. The summed E-state index contributed by atoms with van der Waals surface area (Å²) in [6.07, 6.45) is 0. The Morgan fingerprint density at radius 3 is 2.19 bits per heavy atom. The molecule has 9 heteroatoms. The number of aromatic nitrogens is 2. The number of hydrogen-bond donors (Lipinski definition) is 1. The number of carbonyl (C=O) groups excluding carboxylic acids is 1. The normalized spacial score (nSPS) is 20.8. The number of fused-ring (bicyclic) bond motifs is 1. The van der Waals surface area contributed by atoms with Gasteiger partial charge in [-0.3, -0.25) is 4.79 Å². The van der Waals surface area contributed by atoms with Crippen LogP contribution in [0.15, 0.2) is 36.4 Å². The molecule has 0 bridgehead atoms. The van der Waals surface area contributed by atoms with E-state index in [1.165, 1.54) is 5.56 Å². The Morgan fingerprint density at radius 1 is 0.944 bits per heavy atom. The molecule has 2 atom stereocenters. The van der Waals surface area contributed by atoms with Gasteiger partial charge >= 0.3 is 0 Å². The van der Waals surface area contributed by atoms with Crippen LogP contribution in [0.3, 0.4) is 0 Å². The fraction of sp³-hybridized carbons (Fsp3) is 0.444. The van der Waals surface area contributed by atoms with Crippen LogP contribution in [0.4, 0.5) is 11.8 Å². The number of hydrogen-bond acceptors (Lipinski definition) is 8. The van der Waals surface area contributed by atoms with E-state index in [4.69, 9.17) is 24.9 Å². The monoisotopic (exact) mass is 491 g/mol. The van der Waals surface area contributed by atoms with Crippen LogP contribution in [0.2, 0.25) is 0 Å². The molecule has 1 saturated heterocycles. The predicted octanol–water partition coefficient (Wildman–Crippen LogP) is 3.33. The Kier molecular flexibility index (Phi) is 6.02. The maximum Gasteiger partial charge on any atom is 0.228 e. The predicted molar refractivity (Wildman–Crippen MR) is 139 cm³/mol. The first-order valence-corrected chi connectivity index (χ1v) is 12.2. The van der Waals surface area contributed by atoms with E-state index in [0.717, 1.165) is 5.75 Å². The molecule has 36 heavy (non-hydrogen) atoms. The van der Waals surface area contributed by atoms with Crippen LogP contribution >= 0.6 is 0 Å². The number of benzene rings is 2. The van der Waals surface area contributed by atoms with E-state index in [9.17, 15) is 4.79 Å². The molecular formula is C27H33N5O4. The summed E-state index contributed by atoms with van der Waals surface area (Å²) in [7, 11) is 4.83. The van der Waals surface area contributed by atoms with Crippen molar-refractivity contribution in [2.75, 3.05) is 58.1 Å². The van der Waals surface area contributed by atoms with Gasteiger partial charge in [0, 0.05) is 43.5 Å². The summed E-state index contributed by atoms with van der Waals surface area (Å²) in [5.41, 5.74) is 8.08. The summed E-state index contributed by atoms with van der Waals surface area (Å²) >= 11 is 0. The lowest BCUT2D eigenvalue weighted by atomic mass is 10.0. The van der Waals surface area contributed by atoms with Gasteiger partial charge in [-0.05, 0) is 29.2 Å². The van der Waals surface area contributed by atoms with Crippen molar-refractivity contribution in [3.05, 3.63) is 42.0 Å². The summed E-state index contributed by atoms with van der Waals surface area (Å²) in [4.78, 5) is 26.8. The van der Waals surface area contributed by atoms with E-state index in [1.54, 1.807) is 27.4 Å². The third kappa shape index (κ3) is 4.02. The van der Waals surface area contributed by atoms with Gasteiger partial charge in [0.15, 0.2) is 11.5 Å². The fourth-order valence-electron chi connectivity index (χ4n) is 5.46. The minimum Gasteiger partial charge on any atom is -0.497 e. The third-order valence-electron chi connectivity index (χ3n) is 7.66. The topological polar surface area (TPSA) is 103 Å². The van der Waals surface area contributed by atoms with Crippen molar-refractivity contribution < 1.29 is 19.0 Å². The van der Waals surface area contributed by atoms with Gasteiger partial charge in [0.1, 0.15) is 11.6 Å². The molecule has 0 spiro atoms. The number of nitrogen functional groups attached to an aromatic ring is 1. The molecular weight excluding hydrogens is 458 g/mol. The summed E-state index contributed by atoms with van der Waals surface area (Å²) in [5, 5.41) is 0.714. The van der Waals surface area contributed by atoms with Gasteiger partial charge in [0.05, 0.1) is 32.8 Å². The van der Waals surface area contributed by atoms with E-state index >= 15 is 0 Å². The zero-order valence-corrected chi connectivity index (χ0v) is 21.4. The largest absolute Gasteiger partial charge is 0.497 e. The number of carbonyl (C=O) groups is 1. The van der Waals surface area contributed by atoms with Gasteiger partial charge in [0.2, 0.25) is 11.9 Å². The van der Waals surface area contributed by atoms with Crippen LogP contribution < -0.4 is 24.8 Å². The standard InChI is InChI=1S/C27H33N5O4/c1-27(2)22(16-6-8-17(34-3)9-7-16)23(27)25(33)31-10-12-32(13-11-31)26-29-19-15-21(36-5)20(35-4)14-18(19)24(28)30-26/h6-9,14-15,22-23H,10-13H2,1-5H3,(H2,28,29,30)/t22-,23+/m0/s1. The van der Waals surface area contributed by atoms with Crippen molar-refractivity contribution in [1.29, 1.82) is 0 Å². The first kappa shape index (κ1) is 24.0. The van der Waals surface area contributed by atoms with Gasteiger partial charge in [0.25, 0.3) is 0 Å². The Bertz CT molecular complexity index is 1290. The second-order valence-corrected chi connectivity index (χ2v) is 10.00. The number of anilines is 2. The van der Waals surface area contributed by atoms with Crippen molar-refractivity contribution in [3.8, 4) is 17.2 Å². The summed E-state index contributed by atoms with van der Waals surface area (Å²) in [5.74, 6) is 3.34. The molecule has 3 aromatic rings. The highest BCUT2D eigenvalue weighted by Gasteiger charge is 2.63. The molecule has 1 aliphatic carbocycles. The van der Waals surface area contributed by atoms with Crippen molar-refractivity contribution in [3.63, 3.8) is 0 Å². The molecule has 0 radical (unpaired) electrons. The average Bonchev–Trinajstić information content (AvgIpc) is 3.48. The van der Waals surface area contributed by atoms with E-state index in [1.807, 2.05) is 23.1 Å². The minimum atomic E-state index is -0.0706. The molecule has 2 heterocycles. The number of nitrogens with zero attached hydrogens (tertiary/aromatic N) is 4. The zero-order valence-electron chi connectivity index (χ0n) is 21.4. The van der Waals surface area contributed by atoms with Gasteiger partial charge in [-0.25, -0.2) is 4.98 Å². The van der Waals surface area contributed by atoms with Gasteiger partial charge in [-0.15, -0.1) is 0 Å². The molecule has 5 rings (SSSR count). The van der Waals surface area contributed by atoms with Gasteiger partial charge in [-0.2, -0.15) is 4.98 Å². The van der Waals surface area contributed by atoms with Crippen LogP contribution in [0.5, 0.6) is 17.2 Å². The Hall–Kier alpha value is -3.75. The van der Waals surface area contributed by atoms with Crippen molar-refractivity contribution >= 4 is 28.6 Å². The zero-order chi connectivity index (χ0) is 25.6. The van der Waals surface area contributed by atoms with Crippen LogP contribution in [-0.4, -0.2) is 68.3 Å². The smallest absolute Gasteiger partial charge is 0.228 e. The molecule has 2 N–H and O–H groups in total. The SMILES string of the molecule is COc1ccc([C@H]2[C@H](C(=O)N3CCN(c4nc(N)c5cc(OC)c(OC)cc5n4)CC3)C2(C)C)cc1. The van der Waals surface area contributed by atoms with Crippen LogP contribution in [0.25, 0.3) is 10.9 Å². The molecule has 1 saturated carbocycles. The van der Waals surface area contributed by atoms with Crippen molar-refractivity contribution in [2.24, 2.45) is 11.3 Å². The fourth-order valence-corrected chi connectivity index (χ4v) is 5.46. The molecule has 1 amide bonds. The van der Waals surface area contributed by atoms with E-state index in [-0.39, 0.29) is 23.2 Å². The maximum absolute atomic E-state index is 13.5. The van der Waals surface area contributed by atoms with Crippen LogP contribution in [-0.2, 0) is 4.79 Å². The van der Waals surface area contributed by atoms with E-state index < -0.39 is 0 Å². The van der Waals surface area contributed by atoms with E-state index in [0.29, 0.717) is 60.3 Å². The summed E-state index contributed by atoms with van der Waals surface area (Å²) < 4.78 is 16.1. The lowest BCUT2D eigenvalue weighted by molar-refractivity contribution is -0.133. The molecule has 2 fully saturated rings. The maximum atomic E-state index is 13.5. The number of piperazine rings is 1. The van der Waals surface area contributed by atoms with Gasteiger partial charge in [-0.1, -0.05) is 26.0 Å². The molecule has 2 aliphatic rings. The number of rotatable bonds is 6. The second-order valence-electron chi connectivity index (χ2n) is 10.00. The number of amides is 1. The Morgan fingerprint density at radius 2 is 1.58 bits per heavy atom. The first-order valence-electron chi connectivity index (χ1n) is 12.2. The molecule has 1 aliphatic heterocycles. The average molecular weight is 492 g/mol. The minimum absolute atomic E-state index is 0.0209. The number of methoxy groups -OCH3 is 3. The van der Waals surface area contributed by atoms with Crippen molar-refractivity contribution in [2.45, 2.75) is 19.8 Å². The molecule has 190 valence electrons. The Balaban J connectivity index is 1.28. The van der Waals surface area contributed by atoms with Crippen LogP contribution in [0, 0.1) is 11.3 Å². The first-order chi connectivity index (χ1) is 17.3. The lowest BCUT2D eigenvalue weighted by Gasteiger charge is -2.35. The second kappa shape index (κ2) is 9.04. The molecule has 0 unspecified atom stereocenters. The summed E-state index contributed by atoms with van der Waals surface area (Å²) in [6, 6.07) is 11.7. The molecule has 1 aromatic heterocycles. The quantitative estimate of drug-likeness (QED) is 0.560. The number of nitrogens with two attached hydrogens (primary N) is 1. The third-order valence-corrected chi connectivity index (χ3v) is 7.66. The number of ether oxygens (including phenoxy) is 3. The molecule has 2 aromatic carbocycles. The Labute approximate surface area is 211 Å². The summed E-state index contributed by atoms with van der Waals surface area (Å²) in [6.45, 7) is 6.88. The van der Waals surface area contributed by atoms with Gasteiger partial charge < -0.3 is 29.7 Å². The lowest BCUT2D eigenvalue weighted by Crippen LogP contribution is -2.50. The highest BCUT2D eigenvalue weighted by atomic mass is 16.5. The van der Waals surface area contributed by atoms with Crippen molar-refractivity contribution in [1.82, 2.24) is 14.9 Å².